The molecule has 6 nitrogen and oxygen atoms in total. The zero-order valence-corrected chi connectivity index (χ0v) is 61.5. The Morgan fingerprint density at radius 3 is 0.291 bits per heavy atom. The molecule has 0 radical (unpaired) electrons. The molecule has 0 aliphatic rings. The summed E-state index contributed by atoms with van der Waals surface area (Å²) in [7, 11) is -2.55. The average Bonchev–Trinajstić information content (AvgIpc) is 3.53. The number of hydrogen-bond acceptors (Lipinski definition) is 6. The minimum atomic E-state index is -1.28. The second-order valence-electron chi connectivity index (χ2n) is 27.1. The van der Waals surface area contributed by atoms with E-state index >= 15 is 0 Å². The molecular formula is C78H160O6P2. The fourth-order valence-corrected chi connectivity index (χ4v) is 14.3. The van der Waals surface area contributed by atoms with Crippen LogP contribution in [0.5, 0.6) is 0 Å². The van der Waals surface area contributed by atoms with E-state index in [0.717, 1.165) is 77.8 Å². The topological polar surface area (TPSA) is 55.4 Å². The highest BCUT2D eigenvalue weighted by molar-refractivity contribution is 7.41. The van der Waals surface area contributed by atoms with Crippen LogP contribution in [0.25, 0.3) is 0 Å². The monoisotopic (exact) mass is 1260 g/mol. The van der Waals surface area contributed by atoms with Gasteiger partial charge in [-0.3, -0.25) is 0 Å². The van der Waals surface area contributed by atoms with Crippen LogP contribution in [0.1, 0.15) is 464 Å². The van der Waals surface area contributed by atoms with Gasteiger partial charge in [0.1, 0.15) is 0 Å². The maximum absolute atomic E-state index is 6.35. The highest BCUT2D eigenvalue weighted by Gasteiger charge is 2.15. The molecule has 0 saturated carbocycles. The van der Waals surface area contributed by atoms with Gasteiger partial charge in [-0.25, -0.2) is 0 Å². The summed E-state index contributed by atoms with van der Waals surface area (Å²) in [5, 5.41) is 0. The standard InChI is InChI=1S/C78H160O6P2/c1-5-9-13-17-21-25-29-33-37-41-45-49-53-57-61-67-73-79-85(80-74-68-62-58-54-50-46-42-38-34-30-26-22-18-14-10-6-2)83-77-71-65-66-72-78-84-86(81-75-69-63-59-55-51-47-43-39-35-31-27-23-19-15-11-7-3)82-76-70-64-60-56-52-48-44-40-36-32-28-24-20-16-12-8-4/h5-78H2,1-4H3. The molecule has 0 aliphatic carbocycles. The molecule has 0 atom stereocenters. The Kier molecular flexibility index (Phi) is 82.3. The van der Waals surface area contributed by atoms with Gasteiger partial charge in [0.2, 0.25) is 0 Å². The van der Waals surface area contributed by atoms with Crippen LogP contribution in [0.2, 0.25) is 0 Å². The molecule has 518 valence electrons. The zero-order chi connectivity index (χ0) is 61.7. The van der Waals surface area contributed by atoms with E-state index < -0.39 is 17.2 Å². The minimum absolute atomic E-state index is 0.710. The summed E-state index contributed by atoms with van der Waals surface area (Å²) in [6.07, 6.45) is 93.0. The van der Waals surface area contributed by atoms with Crippen molar-refractivity contribution < 1.29 is 27.1 Å². The number of unbranched alkanes of at least 4 members (excludes halogenated alkanes) is 63. The van der Waals surface area contributed by atoms with Crippen molar-refractivity contribution >= 4 is 17.2 Å². The number of hydrogen-bond donors (Lipinski definition) is 0. The van der Waals surface area contributed by atoms with Gasteiger partial charge < -0.3 is 27.1 Å². The molecule has 0 spiro atoms. The van der Waals surface area contributed by atoms with Gasteiger partial charge in [-0.15, -0.1) is 0 Å². The molecule has 0 heterocycles. The van der Waals surface area contributed by atoms with E-state index in [9.17, 15) is 0 Å². The fourth-order valence-electron chi connectivity index (χ4n) is 12.2. The molecule has 0 saturated heterocycles. The second kappa shape index (κ2) is 81.7. The van der Waals surface area contributed by atoms with Crippen LogP contribution in [0.15, 0.2) is 0 Å². The van der Waals surface area contributed by atoms with Crippen LogP contribution in [0.3, 0.4) is 0 Å². The first kappa shape index (κ1) is 86.6. The molecule has 0 aromatic heterocycles. The quantitative estimate of drug-likeness (QED) is 0.0447. The van der Waals surface area contributed by atoms with E-state index in [1.807, 2.05) is 0 Å². The fraction of sp³-hybridized carbons (Fsp3) is 1.00. The molecule has 0 N–H and O–H groups in total. The normalized spacial score (nSPS) is 11.9. The Morgan fingerprint density at radius 1 is 0.116 bits per heavy atom. The van der Waals surface area contributed by atoms with Crippen molar-refractivity contribution in [3.8, 4) is 0 Å². The van der Waals surface area contributed by atoms with Crippen LogP contribution < -0.4 is 0 Å². The molecular weight excluding hydrogens is 1090 g/mol. The van der Waals surface area contributed by atoms with E-state index in [-0.39, 0.29) is 0 Å². The van der Waals surface area contributed by atoms with Crippen molar-refractivity contribution in [2.75, 3.05) is 39.6 Å². The summed E-state index contributed by atoms with van der Waals surface area (Å²) in [5.74, 6) is 0. The summed E-state index contributed by atoms with van der Waals surface area (Å²) >= 11 is 0. The molecule has 8 heteroatoms. The highest BCUT2D eigenvalue weighted by Crippen LogP contribution is 2.42. The maximum Gasteiger partial charge on any atom is 0.332 e. The second-order valence-corrected chi connectivity index (χ2v) is 29.5. The van der Waals surface area contributed by atoms with Gasteiger partial charge in [0, 0.05) is 0 Å². The van der Waals surface area contributed by atoms with E-state index in [0.29, 0.717) is 13.2 Å². The molecule has 0 aromatic rings. The average molecular weight is 1260 g/mol. The van der Waals surface area contributed by atoms with Gasteiger partial charge in [-0.05, 0) is 38.5 Å². The lowest BCUT2D eigenvalue weighted by molar-refractivity contribution is 0.149. The molecule has 0 bridgehead atoms. The van der Waals surface area contributed by atoms with E-state index in [4.69, 9.17) is 27.1 Å². The van der Waals surface area contributed by atoms with Crippen molar-refractivity contribution in [1.29, 1.82) is 0 Å². The van der Waals surface area contributed by atoms with Gasteiger partial charge in [0.05, 0.1) is 39.6 Å². The zero-order valence-electron chi connectivity index (χ0n) is 59.7. The highest BCUT2D eigenvalue weighted by atomic mass is 31.2. The SMILES string of the molecule is CCCCCCCCCCCCCCCCCCOP(OCCCCCCCCCCCCCCCCCC)OCCCCCCOP(OCCCCCCCCCCCCCCCCCC)OCCCCCCCCCCCCCCCCCC. The van der Waals surface area contributed by atoms with Gasteiger partial charge in [0.15, 0.2) is 0 Å². The summed E-state index contributed by atoms with van der Waals surface area (Å²) in [5.41, 5.74) is 0. The van der Waals surface area contributed by atoms with Gasteiger partial charge in [0.25, 0.3) is 0 Å². The van der Waals surface area contributed by atoms with Gasteiger partial charge in [-0.2, -0.15) is 0 Å². The van der Waals surface area contributed by atoms with E-state index in [1.54, 1.807) is 0 Å². The predicted molar refractivity (Wildman–Crippen MR) is 386 cm³/mol. The first-order chi connectivity index (χ1) is 42.8. The molecule has 0 rings (SSSR count). The Hall–Kier alpha value is 0.620. The van der Waals surface area contributed by atoms with Gasteiger partial charge in [-0.1, -0.05) is 426 Å². The summed E-state index contributed by atoms with van der Waals surface area (Å²) in [6.45, 7) is 13.7. The summed E-state index contributed by atoms with van der Waals surface area (Å²) in [4.78, 5) is 0. The number of rotatable bonds is 81. The molecule has 0 fully saturated rings. The van der Waals surface area contributed by atoms with Crippen LogP contribution in [-0.2, 0) is 27.1 Å². The summed E-state index contributed by atoms with van der Waals surface area (Å²) < 4.78 is 38.0. The summed E-state index contributed by atoms with van der Waals surface area (Å²) in [6, 6.07) is 0. The third-order valence-corrected chi connectivity index (χ3v) is 20.6. The van der Waals surface area contributed by atoms with Crippen LogP contribution in [-0.4, -0.2) is 39.6 Å². The lowest BCUT2D eigenvalue weighted by atomic mass is 10.0. The third kappa shape index (κ3) is 77.1. The predicted octanol–water partition coefficient (Wildman–Crippen LogP) is 30.1. The van der Waals surface area contributed by atoms with Crippen molar-refractivity contribution in [3.05, 3.63) is 0 Å². The molecule has 86 heavy (non-hydrogen) atoms. The van der Waals surface area contributed by atoms with Crippen LogP contribution in [0.4, 0.5) is 0 Å². The molecule has 0 unspecified atom stereocenters. The van der Waals surface area contributed by atoms with Crippen molar-refractivity contribution in [2.24, 2.45) is 0 Å². The first-order valence-electron chi connectivity index (χ1n) is 40.2. The Bertz CT molecular complexity index is 988. The smallest absolute Gasteiger partial charge is 0.312 e. The van der Waals surface area contributed by atoms with E-state index in [2.05, 4.69) is 27.7 Å². The molecule has 0 aliphatic heterocycles. The van der Waals surface area contributed by atoms with Crippen LogP contribution in [0, 0.1) is 0 Å². The molecule has 0 amide bonds. The van der Waals surface area contributed by atoms with Crippen LogP contribution >= 0.6 is 17.2 Å². The Morgan fingerprint density at radius 2 is 0.198 bits per heavy atom. The lowest BCUT2D eigenvalue weighted by Gasteiger charge is -2.17. The van der Waals surface area contributed by atoms with Gasteiger partial charge >= 0.3 is 17.2 Å². The largest absolute Gasteiger partial charge is 0.332 e. The molecule has 0 aromatic carbocycles. The lowest BCUT2D eigenvalue weighted by Crippen LogP contribution is -2.02. The maximum atomic E-state index is 6.35. The van der Waals surface area contributed by atoms with Crippen molar-refractivity contribution in [3.63, 3.8) is 0 Å². The Balaban J connectivity index is 4.62. The van der Waals surface area contributed by atoms with E-state index in [1.165, 1.54) is 385 Å². The van der Waals surface area contributed by atoms with Crippen molar-refractivity contribution in [1.82, 2.24) is 0 Å². The Labute approximate surface area is 545 Å². The minimum Gasteiger partial charge on any atom is -0.312 e. The third-order valence-electron chi connectivity index (χ3n) is 18.2. The first-order valence-corrected chi connectivity index (χ1v) is 42.3. The van der Waals surface area contributed by atoms with Crippen molar-refractivity contribution in [2.45, 2.75) is 464 Å².